The SMILES string of the molecule is CC[C@H]1NCCc2cc(OC)c(O)cc21. The van der Waals surface area contributed by atoms with Gasteiger partial charge in [-0.1, -0.05) is 6.92 Å². The van der Waals surface area contributed by atoms with Crippen molar-refractivity contribution in [2.75, 3.05) is 13.7 Å². The van der Waals surface area contributed by atoms with Crippen LogP contribution in [0.4, 0.5) is 0 Å². The van der Waals surface area contributed by atoms with Crippen LogP contribution in [-0.4, -0.2) is 18.8 Å². The number of hydrogen-bond acceptors (Lipinski definition) is 3. The molecule has 1 aliphatic rings. The van der Waals surface area contributed by atoms with Gasteiger partial charge in [0.05, 0.1) is 7.11 Å². The van der Waals surface area contributed by atoms with E-state index in [1.54, 1.807) is 7.11 Å². The average Bonchev–Trinajstić information content (AvgIpc) is 2.27. The highest BCUT2D eigenvalue weighted by atomic mass is 16.5. The highest BCUT2D eigenvalue weighted by Gasteiger charge is 2.20. The van der Waals surface area contributed by atoms with Crippen molar-refractivity contribution in [2.45, 2.75) is 25.8 Å². The Morgan fingerprint density at radius 2 is 2.33 bits per heavy atom. The highest BCUT2D eigenvalue weighted by Crippen LogP contribution is 2.35. The first-order valence-corrected chi connectivity index (χ1v) is 5.39. The number of methoxy groups -OCH3 is 1. The summed E-state index contributed by atoms with van der Waals surface area (Å²) in [6.45, 7) is 3.15. The molecular formula is C12H17NO2. The van der Waals surface area contributed by atoms with E-state index in [1.165, 1.54) is 11.1 Å². The summed E-state index contributed by atoms with van der Waals surface area (Å²) in [7, 11) is 1.58. The zero-order valence-electron chi connectivity index (χ0n) is 9.21. The predicted molar refractivity (Wildman–Crippen MR) is 59.4 cm³/mol. The van der Waals surface area contributed by atoms with Crippen LogP contribution < -0.4 is 10.1 Å². The van der Waals surface area contributed by atoms with E-state index in [1.807, 2.05) is 12.1 Å². The summed E-state index contributed by atoms with van der Waals surface area (Å²) in [5.41, 5.74) is 2.50. The first-order chi connectivity index (χ1) is 7.26. The molecule has 0 radical (unpaired) electrons. The Labute approximate surface area is 90.1 Å². The van der Waals surface area contributed by atoms with Crippen LogP contribution >= 0.6 is 0 Å². The quantitative estimate of drug-likeness (QED) is 0.779. The van der Waals surface area contributed by atoms with Crippen molar-refractivity contribution in [3.05, 3.63) is 23.3 Å². The average molecular weight is 207 g/mol. The zero-order valence-corrected chi connectivity index (χ0v) is 9.21. The van der Waals surface area contributed by atoms with Gasteiger partial charge in [-0.2, -0.15) is 0 Å². The van der Waals surface area contributed by atoms with E-state index in [4.69, 9.17) is 4.74 Å². The third-order valence-corrected chi connectivity index (χ3v) is 3.01. The topological polar surface area (TPSA) is 41.5 Å². The molecule has 1 heterocycles. The molecule has 15 heavy (non-hydrogen) atoms. The monoisotopic (exact) mass is 207 g/mol. The molecule has 0 saturated carbocycles. The number of fused-ring (bicyclic) bond motifs is 1. The van der Waals surface area contributed by atoms with E-state index in [-0.39, 0.29) is 5.75 Å². The molecule has 0 spiro atoms. The van der Waals surface area contributed by atoms with E-state index < -0.39 is 0 Å². The normalized spacial score (nSPS) is 19.7. The van der Waals surface area contributed by atoms with Gasteiger partial charge in [0.1, 0.15) is 0 Å². The molecule has 0 bridgehead atoms. The summed E-state index contributed by atoms with van der Waals surface area (Å²) in [6, 6.07) is 4.15. The van der Waals surface area contributed by atoms with Crippen molar-refractivity contribution < 1.29 is 9.84 Å². The van der Waals surface area contributed by atoms with Gasteiger partial charge in [-0.3, -0.25) is 0 Å². The van der Waals surface area contributed by atoms with Gasteiger partial charge in [-0.05, 0) is 42.6 Å². The second-order valence-electron chi connectivity index (χ2n) is 3.89. The van der Waals surface area contributed by atoms with Crippen LogP contribution in [0.25, 0.3) is 0 Å². The molecular weight excluding hydrogens is 190 g/mol. The van der Waals surface area contributed by atoms with Gasteiger partial charge in [0.15, 0.2) is 11.5 Å². The molecule has 0 aromatic heterocycles. The molecule has 1 aromatic rings. The van der Waals surface area contributed by atoms with E-state index in [2.05, 4.69) is 12.2 Å². The number of phenolic OH excluding ortho intramolecular Hbond substituents is 1. The fourth-order valence-electron chi connectivity index (χ4n) is 2.19. The van der Waals surface area contributed by atoms with Crippen LogP contribution in [0.3, 0.4) is 0 Å². The Morgan fingerprint density at radius 1 is 1.53 bits per heavy atom. The number of benzene rings is 1. The Bertz CT molecular complexity index is 363. The van der Waals surface area contributed by atoms with Crippen molar-refractivity contribution >= 4 is 0 Å². The maximum absolute atomic E-state index is 9.73. The largest absolute Gasteiger partial charge is 0.504 e. The molecule has 82 valence electrons. The molecule has 3 heteroatoms. The summed E-state index contributed by atoms with van der Waals surface area (Å²) >= 11 is 0. The van der Waals surface area contributed by atoms with Crippen molar-refractivity contribution in [3.63, 3.8) is 0 Å². The van der Waals surface area contributed by atoms with E-state index in [0.717, 1.165) is 19.4 Å². The number of hydrogen-bond donors (Lipinski definition) is 2. The van der Waals surface area contributed by atoms with Gasteiger partial charge in [-0.15, -0.1) is 0 Å². The maximum atomic E-state index is 9.73. The lowest BCUT2D eigenvalue weighted by atomic mass is 9.92. The molecule has 2 rings (SSSR count). The Morgan fingerprint density at radius 3 is 3.00 bits per heavy atom. The standard InChI is InChI=1S/C12H17NO2/c1-3-10-9-7-11(14)12(15-2)6-8(9)4-5-13-10/h6-7,10,13-14H,3-5H2,1-2H3/t10-/m1/s1. The Hall–Kier alpha value is -1.22. The summed E-state index contributed by atoms with van der Waals surface area (Å²) in [4.78, 5) is 0. The minimum absolute atomic E-state index is 0.235. The second-order valence-corrected chi connectivity index (χ2v) is 3.89. The first kappa shape index (κ1) is 10.3. The second kappa shape index (κ2) is 4.11. The van der Waals surface area contributed by atoms with Gasteiger partial charge < -0.3 is 15.2 Å². The van der Waals surface area contributed by atoms with Crippen molar-refractivity contribution in [2.24, 2.45) is 0 Å². The van der Waals surface area contributed by atoms with Crippen molar-refractivity contribution in [1.29, 1.82) is 0 Å². The molecule has 1 aromatic carbocycles. The van der Waals surface area contributed by atoms with Crippen LogP contribution in [0.15, 0.2) is 12.1 Å². The molecule has 0 unspecified atom stereocenters. The molecule has 1 aliphatic heterocycles. The lowest BCUT2D eigenvalue weighted by Gasteiger charge is -2.26. The van der Waals surface area contributed by atoms with Crippen LogP contribution in [0.2, 0.25) is 0 Å². The molecule has 0 aliphatic carbocycles. The van der Waals surface area contributed by atoms with Crippen LogP contribution in [0.5, 0.6) is 11.5 Å². The number of rotatable bonds is 2. The van der Waals surface area contributed by atoms with E-state index in [9.17, 15) is 5.11 Å². The summed E-state index contributed by atoms with van der Waals surface area (Å²) in [5, 5.41) is 13.2. The number of phenols is 1. The Balaban J connectivity index is 2.45. The minimum Gasteiger partial charge on any atom is -0.504 e. The number of ether oxygens (including phenoxy) is 1. The molecule has 0 fully saturated rings. The third-order valence-electron chi connectivity index (χ3n) is 3.01. The van der Waals surface area contributed by atoms with E-state index >= 15 is 0 Å². The molecule has 0 saturated heterocycles. The molecule has 0 amide bonds. The van der Waals surface area contributed by atoms with Crippen LogP contribution in [0, 0.1) is 0 Å². The van der Waals surface area contributed by atoms with Gasteiger partial charge in [0, 0.05) is 6.04 Å². The Kier molecular flexibility index (Phi) is 2.82. The van der Waals surface area contributed by atoms with Crippen LogP contribution in [-0.2, 0) is 6.42 Å². The molecule has 3 nitrogen and oxygen atoms in total. The third kappa shape index (κ3) is 1.79. The number of aromatic hydroxyl groups is 1. The van der Waals surface area contributed by atoms with Gasteiger partial charge in [-0.25, -0.2) is 0 Å². The summed E-state index contributed by atoms with van der Waals surface area (Å²) in [5.74, 6) is 0.809. The fraction of sp³-hybridized carbons (Fsp3) is 0.500. The lowest BCUT2D eigenvalue weighted by Crippen LogP contribution is -2.29. The predicted octanol–water partition coefficient (Wildman–Crippen LogP) is 2.00. The highest BCUT2D eigenvalue weighted by molar-refractivity contribution is 5.48. The summed E-state index contributed by atoms with van der Waals surface area (Å²) in [6.07, 6.45) is 2.04. The van der Waals surface area contributed by atoms with E-state index in [0.29, 0.717) is 11.8 Å². The lowest BCUT2D eigenvalue weighted by molar-refractivity contribution is 0.370. The minimum atomic E-state index is 0.235. The smallest absolute Gasteiger partial charge is 0.160 e. The van der Waals surface area contributed by atoms with Gasteiger partial charge in [0.2, 0.25) is 0 Å². The number of nitrogens with one attached hydrogen (secondary N) is 1. The molecule has 1 atom stereocenters. The zero-order chi connectivity index (χ0) is 10.8. The van der Waals surface area contributed by atoms with Crippen LogP contribution in [0.1, 0.15) is 30.5 Å². The van der Waals surface area contributed by atoms with Gasteiger partial charge in [0.25, 0.3) is 0 Å². The first-order valence-electron chi connectivity index (χ1n) is 5.39. The molecule has 2 N–H and O–H groups in total. The maximum Gasteiger partial charge on any atom is 0.160 e. The summed E-state index contributed by atoms with van der Waals surface area (Å²) < 4.78 is 5.11. The fourth-order valence-corrected chi connectivity index (χ4v) is 2.19. The van der Waals surface area contributed by atoms with Gasteiger partial charge >= 0.3 is 0 Å². The van der Waals surface area contributed by atoms with Crippen molar-refractivity contribution in [3.8, 4) is 11.5 Å². The van der Waals surface area contributed by atoms with Crippen molar-refractivity contribution in [1.82, 2.24) is 5.32 Å².